The van der Waals surface area contributed by atoms with Crippen molar-refractivity contribution in [2.75, 3.05) is 43.9 Å². The summed E-state index contributed by atoms with van der Waals surface area (Å²) in [7, 11) is 1.70. The summed E-state index contributed by atoms with van der Waals surface area (Å²) in [6.45, 7) is 7.54. The molecule has 184 valence electrons. The van der Waals surface area contributed by atoms with E-state index in [1.807, 2.05) is 0 Å². The highest BCUT2D eigenvalue weighted by molar-refractivity contribution is 5.76. The van der Waals surface area contributed by atoms with E-state index in [9.17, 15) is 18.0 Å². The molecule has 1 aromatic rings. The van der Waals surface area contributed by atoms with Gasteiger partial charge >= 0.3 is 12.3 Å². The number of halogens is 3. The van der Waals surface area contributed by atoms with E-state index in [4.69, 9.17) is 15.2 Å². The van der Waals surface area contributed by atoms with Gasteiger partial charge in [-0.15, -0.1) is 0 Å². The smallest absolute Gasteiger partial charge is 0.422 e. The summed E-state index contributed by atoms with van der Waals surface area (Å²) in [6, 6.07) is 2.53. The molecule has 4 rings (SSSR count). The minimum atomic E-state index is -4.60. The van der Waals surface area contributed by atoms with Crippen LogP contribution in [-0.4, -0.2) is 72.9 Å². The molecule has 3 aliphatic rings. The quantitative estimate of drug-likeness (QED) is 0.672. The number of anilines is 2. The van der Waals surface area contributed by atoms with Gasteiger partial charge in [-0.3, -0.25) is 4.90 Å². The number of hydrogen-bond donors (Lipinski definition) is 1. The van der Waals surface area contributed by atoms with Crippen LogP contribution in [0.15, 0.2) is 12.1 Å². The lowest BCUT2D eigenvalue weighted by Crippen LogP contribution is -2.57. The number of carbonyl (C=O) groups is 1. The Morgan fingerprint density at radius 3 is 2.42 bits per heavy atom. The fraction of sp³-hybridized carbons (Fsp3) is 0.696. The number of amides is 1. The molecular weight excluding hydrogens is 437 g/mol. The number of hydrogen-bond acceptors (Lipinski definition) is 6. The van der Waals surface area contributed by atoms with E-state index in [1.54, 1.807) is 37.6 Å². The molecule has 0 unspecified atom stereocenters. The highest BCUT2D eigenvalue weighted by Gasteiger charge is 2.46. The van der Waals surface area contributed by atoms with Crippen molar-refractivity contribution in [3.05, 3.63) is 17.7 Å². The zero-order valence-electron chi connectivity index (χ0n) is 19.6. The number of likely N-dealkylation sites (N-methyl/N-ethyl adjacent to an activating group) is 1. The third-order valence-electron chi connectivity index (χ3n) is 6.46. The average molecular weight is 471 g/mol. The molecule has 10 heteroatoms. The van der Waals surface area contributed by atoms with Crippen LogP contribution in [0.1, 0.15) is 45.6 Å². The molecule has 33 heavy (non-hydrogen) atoms. The summed E-state index contributed by atoms with van der Waals surface area (Å²) in [5, 5.41) is 0. The first-order valence-corrected chi connectivity index (χ1v) is 11.5. The Labute approximate surface area is 192 Å². The summed E-state index contributed by atoms with van der Waals surface area (Å²) >= 11 is 0. The Morgan fingerprint density at radius 1 is 1.12 bits per heavy atom. The van der Waals surface area contributed by atoms with Crippen molar-refractivity contribution in [3.63, 3.8) is 0 Å². The molecule has 1 aromatic carbocycles. The topological polar surface area (TPSA) is 71.3 Å². The number of fused-ring (bicyclic) bond motifs is 1. The van der Waals surface area contributed by atoms with Crippen molar-refractivity contribution in [1.29, 1.82) is 0 Å². The summed E-state index contributed by atoms with van der Waals surface area (Å²) < 4.78 is 53.8. The van der Waals surface area contributed by atoms with Gasteiger partial charge in [-0.2, -0.15) is 13.2 Å². The summed E-state index contributed by atoms with van der Waals surface area (Å²) in [6.07, 6.45) is -2.94. The molecule has 2 N–H and O–H groups in total. The maximum Gasteiger partial charge on any atom is 0.422 e. The van der Waals surface area contributed by atoms with Gasteiger partial charge in [0.25, 0.3) is 0 Å². The average Bonchev–Trinajstić information content (AvgIpc) is 3.42. The molecule has 0 aromatic heterocycles. The van der Waals surface area contributed by atoms with Crippen molar-refractivity contribution < 1.29 is 27.4 Å². The zero-order valence-corrected chi connectivity index (χ0v) is 19.6. The van der Waals surface area contributed by atoms with Crippen LogP contribution in [-0.2, 0) is 10.9 Å². The zero-order chi connectivity index (χ0) is 24.1. The van der Waals surface area contributed by atoms with E-state index in [0.29, 0.717) is 19.6 Å². The standard InChI is InChI=1S/C23H33F3N4O3/c1-22(2,3)33-21(31)28(4)16-9-10-29-11-12-30(13-17(16)29)20-15(27)7-8-18(32-14-5-6-14)19(20)23(24,25)26/h7-8,14,16-17H,5-6,9-13,27H2,1-4H3/t16-,17+/m1/s1. The van der Waals surface area contributed by atoms with Crippen molar-refractivity contribution >= 4 is 17.5 Å². The first kappa shape index (κ1) is 23.8. The van der Waals surface area contributed by atoms with Crippen LogP contribution in [0.3, 0.4) is 0 Å². The molecule has 0 bridgehead atoms. The normalized spacial score (nSPS) is 23.9. The van der Waals surface area contributed by atoms with Gasteiger partial charge in [-0.25, -0.2) is 4.79 Å². The summed E-state index contributed by atoms with van der Waals surface area (Å²) in [5.74, 6) is -0.162. The van der Waals surface area contributed by atoms with E-state index in [2.05, 4.69) is 4.90 Å². The van der Waals surface area contributed by atoms with E-state index in [-0.39, 0.29) is 35.3 Å². The van der Waals surface area contributed by atoms with Crippen LogP contribution in [0.25, 0.3) is 0 Å². The van der Waals surface area contributed by atoms with Gasteiger partial charge < -0.3 is 25.0 Å². The van der Waals surface area contributed by atoms with Gasteiger partial charge in [0.1, 0.15) is 16.9 Å². The maximum absolute atomic E-state index is 14.2. The second-order valence-electron chi connectivity index (χ2n) is 10.2. The second-order valence-corrected chi connectivity index (χ2v) is 10.2. The van der Waals surface area contributed by atoms with Crippen molar-refractivity contribution in [1.82, 2.24) is 9.80 Å². The van der Waals surface area contributed by atoms with Crippen molar-refractivity contribution in [2.45, 2.75) is 70.0 Å². The number of rotatable bonds is 4. The Morgan fingerprint density at radius 2 is 1.82 bits per heavy atom. The minimum Gasteiger partial charge on any atom is -0.490 e. The highest BCUT2D eigenvalue weighted by Crippen LogP contribution is 2.47. The number of ether oxygens (including phenoxy) is 2. The fourth-order valence-corrected chi connectivity index (χ4v) is 4.77. The van der Waals surface area contributed by atoms with Crippen LogP contribution in [0, 0.1) is 0 Å². The highest BCUT2D eigenvalue weighted by atomic mass is 19.4. The van der Waals surface area contributed by atoms with Gasteiger partial charge in [0.15, 0.2) is 0 Å². The number of nitrogens with two attached hydrogens (primary N) is 1. The minimum absolute atomic E-state index is 0.0223. The lowest BCUT2D eigenvalue weighted by atomic mass is 10.0. The van der Waals surface area contributed by atoms with Crippen LogP contribution in [0.2, 0.25) is 0 Å². The van der Waals surface area contributed by atoms with Gasteiger partial charge in [0.2, 0.25) is 0 Å². The first-order valence-electron chi connectivity index (χ1n) is 11.5. The molecule has 1 aliphatic carbocycles. The predicted octanol–water partition coefficient (Wildman–Crippen LogP) is 3.96. The molecule has 3 fully saturated rings. The largest absolute Gasteiger partial charge is 0.490 e. The van der Waals surface area contributed by atoms with Crippen LogP contribution < -0.4 is 15.4 Å². The molecule has 2 aliphatic heterocycles. The Hall–Kier alpha value is -2.36. The van der Waals surface area contributed by atoms with Crippen LogP contribution >= 0.6 is 0 Å². The van der Waals surface area contributed by atoms with Gasteiger partial charge in [0.05, 0.1) is 23.5 Å². The second kappa shape index (κ2) is 8.45. The summed E-state index contributed by atoms with van der Waals surface area (Å²) in [4.78, 5) is 18.2. The molecule has 2 heterocycles. The Kier molecular flexibility index (Phi) is 6.09. The SMILES string of the molecule is CN(C(=O)OC(C)(C)C)[C@@H]1CCN2CCN(c3c(N)ccc(OC4CC4)c3C(F)(F)F)C[C@@H]12. The summed E-state index contributed by atoms with van der Waals surface area (Å²) in [5.41, 5.74) is 4.74. The fourth-order valence-electron chi connectivity index (χ4n) is 4.77. The number of piperazine rings is 1. The lowest BCUT2D eigenvalue weighted by molar-refractivity contribution is -0.138. The molecule has 0 spiro atoms. The number of nitrogen functional groups attached to an aromatic ring is 1. The molecular formula is C23H33F3N4O3. The number of benzene rings is 1. The van der Waals surface area contributed by atoms with Gasteiger partial charge in [0, 0.05) is 39.3 Å². The van der Waals surface area contributed by atoms with E-state index >= 15 is 0 Å². The van der Waals surface area contributed by atoms with Gasteiger partial charge in [-0.1, -0.05) is 0 Å². The monoisotopic (exact) mass is 470 g/mol. The van der Waals surface area contributed by atoms with E-state index in [1.165, 1.54) is 12.1 Å². The number of carbonyl (C=O) groups excluding carboxylic acids is 1. The number of alkyl halides is 3. The first-order chi connectivity index (χ1) is 15.3. The Balaban J connectivity index is 1.61. The number of nitrogens with zero attached hydrogens (tertiary/aromatic N) is 3. The lowest BCUT2D eigenvalue weighted by Gasteiger charge is -2.43. The maximum atomic E-state index is 14.2. The molecule has 1 amide bonds. The molecule has 7 nitrogen and oxygen atoms in total. The van der Waals surface area contributed by atoms with Crippen molar-refractivity contribution in [3.8, 4) is 5.75 Å². The molecule has 2 atom stereocenters. The predicted molar refractivity (Wildman–Crippen MR) is 119 cm³/mol. The third kappa shape index (κ3) is 5.10. The van der Waals surface area contributed by atoms with Crippen LogP contribution in [0.4, 0.5) is 29.3 Å². The Bertz CT molecular complexity index is 898. The van der Waals surface area contributed by atoms with Crippen LogP contribution in [0.5, 0.6) is 5.75 Å². The van der Waals surface area contributed by atoms with E-state index in [0.717, 1.165) is 25.8 Å². The van der Waals surface area contributed by atoms with E-state index < -0.39 is 23.4 Å². The third-order valence-corrected chi connectivity index (χ3v) is 6.46. The van der Waals surface area contributed by atoms with Gasteiger partial charge in [-0.05, 0) is 52.2 Å². The molecule has 1 saturated carbocycles. The van der Waals surface area contributed by atoms with Crippen molar-refractivity contribution in [2.24, 2.45) is 0 Å². The molecule has 2 saturated heterocycles. The molecule has 0 radical (unpaired) electrons.